The molecule has 6 nitrogen and oxygen atoms in total. The van der Waals surface area contributed by atoms with Gasteiger partial charge in [-0.2, -0.15) is 4.98 Å². The minimum absolute atomic E-state index is 0.234. The van der Waals surface area contributed by atoms with E-state index in [2.05, 4.69) is 10.1 Å². The third-order valence-corrected chi connectivity index (χ3v) is 3.50. The third kappa shape index (κ3) is 2.49. The summed E-state index contributed by atoms with van der Waals surface area (Å²) in [6, 6.07) is 0. The number of nitrogens with zero attached hydrogens (tertiary/aromatic N) is 2. The zero-order valence-corrected chi connectivity index (χ0v) is 11.6. The van der Waals surface area contributed by atoms with Crippen molar-refractivity contribution in [2.24, 2.45) is 0 Å². The van der Waals surface area contributed by atoms with Crippen LogP contribution >= 0.6 is 0 Å². The second kappa shape index (κ2) is 5.69. The molecule has 0 bridgehead atoms. The van der Waals surface area contributed by atoms with Gasteiger partial charge in [-0.05, 0) is 33.6 Å². The summed E-state index contributed by atoms with van der Waals surface area (Å²) >= 11 is 0. The van der Waals surface area contributed by atoms with Gasteiger partial charge in [0.05, 0.1) is 6.61 Å². The highest BCUT2D eigenvalue weighted by atomic mass is 16.5. The quantitative estimate of drug-likeness (QED) is 0.736. The van der Waals surface area contributed by atoms with Crippen LogP contribution in [0.1, 0.15) is 57.9 Å². The van der Waals surface area contributed by atoms with Crippen LogP contribution in [0, 0.1) is 0 Å². The third-order valence-electron chi connectivity index (χ3n) is 3.50. The van der Waals surface area contributed by atoms with E-state index >= 15 is 0 Å². The molecule has 2 rings (SSSR count). The van der Waals surface area contributed by atoms with Crippen molar-refractivity contribution in [3.63, 3.8) is 0 Å². The highest BCUT2D eigenvalue weighted by Gasteiger charge is 2.52. The van der Waals surface area contributed by atoms with Crippen LogP contribution in [0.2, 0.25) is 0 Å². The molecule has 19 heavy (non-hydrogen) atoms. The molecule has 1 unspecified atom stereocenters. The summed E-state index contributed by atoms with van der Waals surface area (Å²) in [5.41, 5.74) is -0.729. The van der Waals surface area contributed by atoms with Crippen LogP contribution in [0.4, 0.5) is 0 Å². The van der Waals surface area contributed by atoms with Gasteiger partial charge in [-0.25, -0.2) is 0 Å². The molecule has 0 spiro atoms. The van der Waals surface area contributed by atoms with E-state index in [1.807, 2.05) is 13.8 Å². The Morgan fingerprint density at radius 2 is 2.16 bits per heavy atom. The Balaban J connectivity index is 2.18. The van der Waals surface area contributed by atoms with Crippen LogP contribution in [-0.2, 0) is 19.7 Å². The average molecular weight is 268 g/mol. The number of carbonyl (C=O) groups is 1. The fourth-order valence-electron chi connectivity index (χ4n) is 2.22. The SMILES string of the molecule is CCOC(=O)C1(c2nc(C(C)OCC)no2)CCC1. The van der Waals surface area contributed by atoms with E-state index in [0.29, 0.717) is 37.8 Å². The molecular formula is C13H20N2O4. The molecule has 1 heterocycles. The van der Waals surface area contributed by atoms with Crippen molar-refractivity contribution < 1.29 is 18.8 Å². The van der Waals surface area contributed by atoms with Crippen molar-refractivity contribution in [1.82, 2.24) is 10.1 Å². The molecule has 1 fully saturated rings. The lowest BCUT2D eigenvalue weighted by Gasteiger charge is -2.35. The first kappa shape index (κ1) is 14.0. The maximum absolute atomic E-state index is 12.1. The van der Waals surface area contributed by atoms with Crippen LogP contribution in [0.3, 0.4) is 0 Å². The second-order valence-electron chi connectivity index (χ2n) is 4.71. The van der Waals surface area contributed by atoms with Crippen LogP contribution in [0.15, 0.2) is 4.52 Å². The fourth-order valence-corrected chi connectivity index (χ4v) is 2.22. The maximum atomic E-state index is 12.1. The highest BCUT2D eigenvalue weighted by Crippen LogP contribution is 2.44. The van der Waals surface area contributed by atoms with Crippen molar-refractivity contribution in [3.05, 3.63) is 11.7 Å². The van der Waals surface area contributed by atoms with Gasteiger partial charge in [-0.15, -0.1) is 0 Å². The zero-order valence-electron chi connectivity index (χ0n) is 11.6. The largest absolute Gasteiger partial charge is 0.465 e. The summed E-state index contributed by atoms with van der Waals surface area (Å²) in [5.74, 6) is 0.576. The Morgan fingerprint density at radius 3 is 2.68 bits per heavy atom. The summed E-state index contributed by atoms with van der Waals surface area (Å²) in [6.07, 6.45) is 2.15. The molecule has 0 saturated heterocycles. The predicted molar refractivity (Wildman–Crippen MR) is 66.5 cm³/mol. The van der Waals surface area contributed by atoms with Gasteiger partial charge in [-0.1, -0.05) is 11.6 Å². The summed E-state index contributed by atoms with van der Waals surface area (Å²) < 4.78 is 15.8. The van der Waals surface area contributed by atoms with Crippen molar-refractivity contribution >= 4 is 5.97 Å². The molecule has 1 aromatic heterocycles. The minimum Gasteiger partial charge on any atom is -0.465 e. The molecule has 0 radical (unpaired) electrons. The van der Waals surface area contributed by atoms with E-state index in [9.17, 15) is 4.79 Å². The fraction of sp³-hybridized carbons (Fsp3) is 0.769. The smallest absolute Gasteiger partial charge is 0.321 e. The molecule has 6 heteroatoms. The lowest BCUT2D eigenvalue weighted by molar-refractivity contribution is -0.155. The topological polar surface area (TPSA) is 74.5 Å². The summed E-state index contributed by atoms with van der Waals surface area (Å²) in [6.45, 7) is 6.49. The molecule has 1 aromatic rings. The van der Waals surface area contributed by atoms with Crippen LogP contribution in [0.25, 0.3) is 0 Å². The van der Waals surface area contributed by atoms with E-state index in [1.165, 1.54) is 0 Å². The molecule has 1 aliphatic carbocycles. The Morgan fingerprint density at radius 1 is 1.42 bits per heavy atom. The maximum Gasteiger partial charge on any atom is 0.321 e. The molecule has 1 saturated carbocycles. The summed E-state index contributed by atoms with van der Waals surface area (Å²) in [5, 5.41) is 3.91. The van der Waals surface area contributed by atoms with E-state index in [0.717, 1.165) is 6.42 Å². The van der Waals surface area contributed by atoms with Crippen molar-refractivity contribution in [1.29, 1.82) is 0 Å². The molecule has 0 aliphatic heterocycles. The van der Waals surface area contributed by atoms with Crippen molar-refractivity contribution in [3.8, 4) is 0 Å². The van der Waals surface area contributed by atoms with E-state index in [-0.39, 0.29) is 12.1 Å². The van der Waals surface area contributed by atoms with Gasteiger partial charge in [-0.3, -0.25) is 4.79 Å². The van der Waals surface area contributed by atoms with Gasteiger partial charge in [0.15, 0.2) is 5.82 Å². The van der Waals surface area contributed by atoms with Gasteiger partial charge in [0, 0.05) is 6.61 Å². The second-order valence-corrected chi connectivity index (χ2v) is 4.71. The number of carbonyl (C=O) groups excluding carboxylic acids is 1. The average Bonchev–Trinajstić information content (AvgIpc) is 2.78. The van der Waals surface area contributed by atoms with Gasteiger partial charge >= 0.3 is 5.97 Å². The molecule has 1 aliphatic rings. The molecule has 0 N–H and O–H groups in total. The van der Waals surface area contributed by atoms with Gasteiger partial charge in [0.2, 0.25) is 5.89 Å². The molecular weight excluding hydrogens is 248 g/mol. The lowest BCUT2D eigenvalue weighted by Crippen LogP contribution is -2.44. The zero-order chi connectivity index (χ0) is 13.9. The first-order chi connectivity index (χ1) is 9.14. The van der Waals surface area contributed by atoms with E-state index in [1.54, 1.807) is 6.92 Å². The highest BCUT2D eigenvalue weighted by molar-refractivity contribution is 5.82. The predicted octanol–water partition coefficient (Wildman–Crippen LogP) is 2.15. The molecule has 1 atom stereocenters. The molecule has 0 aromatic carbocycles. The Hall–Kier alpha value is -1.43. The molecule has 106 valence electrons. The van der Waals surface area contributed by atoms with E-state index < -0.39 is 5.41 Å². The number of ether oxygens (including phenoxy) is 2. The van der Waals surface area contributed by atoms with Gasteiger partial charge < -0.3 is 14.0 Å². The number of hydrogen-bond acceptors (Lipinski definition) is 6. The monoisotopic (exact) mass is 268 g/mol. The van der Waals surface area contributed by atoms with Crippen molar-refractivity contribution in [2.75, 3.05) is 13.2 Å². The number of esters is 1. The number of hydrogen-bond donors (Lipinski definition) is 0. The van der Waals surface area contributed by atoms with Gasteiger partial charge in [0.1, 0.15) is 11.5 Å². The Kier molecular flexibility index (Phi) is 4.19. The van der Waals surface area contributed by atoms with Crippen LogP contribution in [0.5, 0.6) is 0 Å². The van der Waals surface area contributed by atoms with Gasteiger partial charge in [0.25, 0.3) is 0 Å². The molecule has 0 amide bonds. The number of aromatic nitrogens is 2. The van der Waals surface area contributed by atoms with E-state index in [4.69, 9.17) is 14.0 Å². The van der Waals surface area contributed by atoms with Crippen LogP contribution < -0.4 is 0 Å². The normalized spacial score (nSPS) is 18.7. The lowest BCUT2D eigenvalue weighted by atomic mass is 9.68. The van der Waals surface area contributed by atoms with Crippen LogP contribution in [-0.4, -0.2) is 29.3 Å². The first-order valence-corrected chi connectivity index (χ1v) is 6.77. The first-order valence-electron chi connectivity index (χ1n) is 6.77. The Bertz CT molecular complexity index is 440. The standard InChI is InChI=1S/C13H20N2O4/c1-4-17-9(3)10-14-11(19-15-10)13(7-6-8-13)12(16)18-5-2/h9H,4-8H2,1-3H3. The summed E-state index contributed by atoms with van der Waals surface area (Å²) in [4.78, 5) is 16.4. The minimum atomic E-state index is -0.729. The number of rotatable bonds is 6. The Labute approximate surface area is 112 Å². The van der Waals surface area contributed by atoms with Crippen molar-refractivity contribution in [2.45, 2.75) is 51.6 Å². The summed E-state index contributed by atoms with van der Waals surface area (Å²) in [7, 11) is 0.